The molecule has 0 bridgehead atoms. The summed E-state index contributed by atoms with van der Waals surface area (Å²) in [6, 6.07) is 5.18. The molecule has 0 unspecified atom stereocenters. The molecule has 1 aromatic heterocycles. The zero-order valence-corrected chi connectivity index (χ0v) is 11.9. The molecule has 0 aliphatic carbocycles. The molecule has 0 aliphatic heterocycles. The Morgan fingerprint density at radius 1 is 1.37 bits per heavy atom. The third kappa shape index (κ3) is 3.32. The number of methoxy groups -OCH3 is 1. The molecule has 1 aromatic carbocycles. The Bertz CT molecular complexity index is 592. The molecule has 100 valence electrons. The number of aromatic nitrogens is 1. The van der Waals surface area contributed by atoms with E-state index in [0.717, 1.165) is 9.88 Å². The Labute approximate surface area is 116 Å². The van der Waals surface area contributed by atoms with Crippen LogP contribution in [0.15, 0.2) is 24.4 Å². The minimum Gasteiger partial charge on any atom is -0.493 e. The standard InChI is InChI=1S/C14H15NO3S/c1-9(16)11-4-5-13(14(6-11)17-3)18-8-12-7-15-10(2)19-12/h4-7H,8H2,1-3H3. The first kappa shape index (κ1) is 13.5. The van der Waals surface area contributed by atoms with E-state index in [1.54, 1.807) is 42.8 Å². The SMILES string of the molecule is COc1cc(C(C)=O)ccc1OCc1cnc(C)s1. The number of carbonyl (C=O) groups excluding carboxylic acids is 1. The number of thiazole rings is 1. The van der Waals surface area contributed by atoms with Crippen LogP contribution < -0.4 is 9.47 Å². The fourth-order valence-electron chi connectivity index (χ4n) is 1.63. The van der Waals surface area contributed by atoms with Crippen molar-refractivity contribution in [2.75, 3.05) is 7.11 Å². The highest BCUT2D eigenvalue weighted by Gasteiger charge is 2.09. The van der Waals surface area contributed by atoms with Gasteiger partial charge in [-0.2, -0.15) is 0 Å². The summed E-state index contributed by atoms with van der Waals surface area (Å²) in [6.45, 7) is 3.92. The lowest BCUT2D eigenvalue weighted by atomic mass is 10.1. The molecule has 0 saturated heterocycles. The van der Waals surface area contributed by atoms with Crippen molar-refractivity contribution in [1.29, 1.82) is 0 Å². The van der Waals surface area contributed by atoms with Crippen LogP contribution in [-0.2, 0) is 6.61 Å². The van der Waals surface area contributed by atoms with Gasteiger partial charge in [0, 0.05) is 11.8 Å². The maximum atomic E-state index is 11.3. The van der Waals surface area contributed by atoms with Crippen molar-refractivity contribution in [2.24, 2.45) is 0 Å². The summed E-state index contributed by atoms with van der Waals surface area (Å²) in [5.74, 6) is 1.19. The third-order valence-corrected chi connectivity index (χ3v) is 3.50. The van der Waals surface area contributed by atoms with Crippen LogP contribution in [0, 0.1) is 6.92 Å². The first-order valence-electron chi connectivity index (χ1n) is 5.83. The average Bonchev–Trinajstić information content (AvgIpc) is 2.81. The fraction of sp³-hybridized carbons (Fsp3) is 0.286. The molecule has 2 aromatic rings. The third-order valence-electron chi connectivity index (χ3n) is 2.61. The predicted molar refractivity (Wildman–Crippen MR) is 74.2 cm³/mol. The smallest absolute Gasteiger partial charge is 0.161 e. The van der Waals surface area contributed by atoms with Crippen LogP contribution in [0.3, 0.4) is 0 Å². The molecule has 0 N–H and O–H groups in total. The topological polar surface area (TPSA) is 48.4 Å². The lowest BCUT2D eigenvalue weighted by Gasteiger charge is -2.10. The maximum absolute atomic E-state index is 11.3. The Balaban J connectivity index is 2.13. The molecule has 0 fully saturated rings. The van der Waals surface area contributed by atoms with E-state index in [4.69, 9.17) is 9.47 Å². The van der Waals surface area contributed by atoms with Gasteiger partial charge in [-0.3, -0.25) is 4.79 Å². The van der Waals surface area contributed by atoms with Gasteiger partial charge in [0.05, 0.1) is 17.0 Å². The van der Waals surface area contributed by atoms with Crippen LogP contribution >= 0.6 is 11.3 Å². The van der Waals surface area contributed by atoms with Gasteiger partial charge in [0.15, 0.2) is 17.3 Å². The van der Waals surface area contributed by atoms with Crippen LogP contribution in [-0.4, -0.2) is 17.9 Å². The normalized spacial score (nSPS) is 10.3. The van der Waals surface area contributed by atoms with Crippen LogP contribution in [0.2, 0.25) is 0 Å². The zero-order chi connectivity index (χ0) is 13.8. The Morgan fingerprint density at radius 3 is 2.74 bits per heavy atom. The highest BCUT2D eigenvalue weighted by Crippen LogP contribution is 2.29. The Hall–Kier alpha value is -1.88. The molecular weight excluding hydrogens is 262 g/mol. The second-order valence-corrected chi connectivity index (χ2v) is 5.38. The van der Waals surface area contributed by atoms with E-state index >= 15 is 0 Å². The van der Waals surface area contributed by atoms with Crippen LogP contribution in [0.4, 0.5) is 0 Å². The molecule has 0 amide bonds. The number of ether oxygens (including phenoxy) is 2. The van der Waals surface area contributed by atoms with Crippen molar-refractivity contribution >= 4 is 17.1 Å². The number of ketones is 1. The van der Waals surface area contributed by atoms with Gasteiger partial charge in [0.2, 0.25) is 0 Å². The van der Waals surface area contributed by atoms with E-state index in [-0.39, 0.29) is 5.78 Å². The summed E-state index contributed by atoms with van der Waals surface area (Å²) < 4.78 is 10.9. The quantitative estimate of drug-likeness (QED) is 0.787. The molecule has 0 aliphatic rings. The molecule has 0 spiro atoms. The van der Waals surface area contributed by atoms with Gasteiger partial charge in [-0.25, -0.2) is 4.98 Å². The van der Waals surface area contributed by atoms with Crippen molar-refractivity contribution in [1.82, 2.24) is 4.98 Å². The molecule has 2 rings (SSSR count). The summed E-state index contributed by atoms with van der Waals surface area (Å²) in [5.41, 5.74) is 0.609. The summed E-state index contributed by atoms with van der Waals surface area (Å²) in [4.78, 5) is 16.5. The Kier molecular flexibility index (Phi) is 4.16. The zero-order valence-electron chi connectivity index (χ0n) is 11.1. The number of aryl methyl sites for hydroxylation is 1. The number of hydrogen-bond donors (Lipinski definition) is 0. The monoisotopic (exact) mass is 277 g/mol. The molecular formula is C14H15NO3S. The summed E-state index contributed by atoms with van der Waals surface area (Å²) >= 11 is 1.60. The highest BCUT2D eigenvalue weighted by molar-refractivity contribution is 7.11. The van der Waals surface area contributed by atoms with E-state index in [9.17, 15) is 4.79 Å². The molecule has 0 atom stereocenters. The summed E-state index contributed by atoms with van der Waals surface area (Å²) in [6.07, 6.45) is 1.80. The van der Waals surface area contributed by atoms with Crippen LogP contribution in [0.25, 0.3) is 0 Å². The lowest BCUT2D eigenvalue weighted by Crippen LogP contribution is -1.98. The van der Waals surface area contributed by atoms with Crippen LogP contribution in [0.1, 0.15) is 27.2 Å². The minimum atomic E-state index is 0.00271. The molecule has 1 heterocycles. The number of rotatable bonds is 5. The molecule has 4 nitrogen and oxygen atoms in total. The second kappa shape index (κ2) is 5.84. The number of nitrogens with zero attached hydrogens (tertiary/aromatic N) is 1. The largest absolute Gasteiger partial charge is 0.493 e. The number of hydrogen-bond acceptors (Lipinski definition) is 5. The van der Waals surface area contributed by atoms with E-state index in [2.05, 4.69) is 4.98 Å². The first-order valence-corrected chi connectivity index (χ1v) is 6.65. The van der Waals surface area contributed by atoms with Gasteiger partial charge in [0.25, 0.3) is 0 Å². The van der Waals surface area contributed by atoms with Gasteiger partial charge in [0.1, 0.15) is 6.61 Å². The van der Waals surface area contributed by atoms with Crippen molar-refractivity contribution in [3.63, 3.8) is 0 Å². The van der Waals surface area contributed by atoms with E-state index < -0.39 is 0 Å². The lowest BCUT2D eigenvalue weighted by molar-refractivity contribution is 0.101. The Morgan fingerprint density at radius 2 is 2.16 bits per heavy atom. The van der Waals surface area contributed by atoms with Crippen molar-refractivity contribution in [2.45, 2.75) is 20.5 Å². The number of carbonyl (C=O) groups is 1. The molecule has 0 radical (unpaired) electrons. The van der Waals surface area contributed by atoms with Gasteiger partial charge in [-0.05, 0) is 32.0 Å². The van der Waals surface area contributed by atoms with Gasteiger partial charge in [-0.15, -0.1) is 11.3 Å². The highest BCUT2D eigenvalue weighted by atomic mass is 32.1. The average molecular weight is 277 g/mol. The van der Waals surface area contributed by atoms with E-state index in [0.29, 0.717) is 23.7 Å². The summed E-state index contributed by atoms with van der Waals surface area (Å²) in [7, 11) is 1.56. The second-order valence-electron chi connectivity index (χ2n) is 4.06. The van der Waals surface area contributed by atoms with Crippen molar-refractivity contribution < 1.29 is 14.3 Å². The predicted octanol–water partition coefficient (Wildman–Crippen LogP) is 3.24. The number of benzene rings is 1. The van der Waals surface area contributed by atoms with Crippen molar-refractivity contribution in [3.05, 3.63) is 39.8 Å². The minimum absolute atomic E-state index is 0.00271. The van der Waals surface area contributed by atoms with Crippen molar-refractivity contribution in [3.8, 4) is 11.5 Å². The summed E-state index contributed by atoms with van der Waals surface area (Å²) in [5, 5.41) is 1.01. The number of Topliss-reactive ketones (excluding diaryl/α,β-unsaturated/α-hetero) is 1. The maximum Gasteiger partial charge on any atom is 0.161 e. The van der Waals surface area contributed by atoms with Crippen LogP contribution in [0.5, 0.6) is 11.5 Å². The van der Waals surface area contributed by atoms with E-state index in [1.807, 2.05) is 6.92 Å². The van der Waals surface area contributed by atoms with Gasteiger partial charge < -0.3 is 9.47 Å². The van der Waals surface area contributed by atoms with Gasteiger partial charge in [-0.1, -0.05) is 0 Å². The molecule has 19 heavy (non-hydrogen) atoms. The fourth-order valence-corrected chi connectivity index (χ4v) is 2.33. The molecule has 5 heteroatoms. The van der Waals surface area contributed by atoms with Gasteiger partial charge >= 0.3 is 0 Å². The molecule has 0 saturated carbocycles. The first-order chi connectivity index (χ1) is 9.10. The van der Waals surface area contributed by atoms with E-state index in [1.165, 1.54) is 6.92 Å².